The number of aromatic nitrogens is 5. The smallest absolute Gasteiger partial charge is 0.306 e. The first-order chi connectivity index (χ1) is 29.7. The number of hydrogen-bond donors (Lipinski definition) is 0. The second-order valence-electron chi connectivity index (χ2n) is 15.8. The van der Waals surface area contributed by atoms with Crippen molar-refractivity contribution in [2.24, 2.45) is 0 Å². The molecule has 0 spiro atoms. The highest BCUT2D eigenvalue weighted by Gasteiger charge is 2.26. The van der Waals surface area contributed by atoms with Gasteiger partial charge in [0.1, 0.15) is 11.6 Å². The molecule has 0 radical (unpaired) electrons. The van der Waals surface area contributed by atoms with Gasteiger partial charge in [-0.05, 0) is 97.7 Å². The Balaban J connectivity index is 1.25. The quantitative estimate of drug-likeness (QED) is 0.0624. The number of esters is 1. The van der Waals surface area contributed by atoms with Crippen molar-refractivity contribution in [1.82, 2.24) is 23.5 Å². The van der Waals surface area contributed by atoms with E-state index >= 15 is 8.78 Å². The van der Waals surface area contributed by atoms with Crippen LogP contribution in [-0.2, 0) is 37.9 Å². The molecule has 1 unspecified atom stereocenters. The maximum Gasteiger partial charge on any atom is 0.306 e. The Kier molecular flexibility index (Phi) is 12.7. The van der Waals surface area contributed by atoms with E-state index in [0.717, 1.165) is 32.3 Å². The van der Waals surface area contributed by atoms with Crippen LogP contribution in [0.4, 0.5) is 8.78 Å². The molecule has 7 aromatic rings. The van der Waals surface area contributed by atoms with Gasteiger partial charge < -0.3 is 9.47 Å². The van der Waals surface area contributed by atoms with Gasteiger partial charge in [-0.1, -0.05) is 68.0 Å². The first-order valence-corrected chi connectivity index (χ1v) is 21.8. The lowest BCUT2D eigenvalue weighted by Crippen LogP contribution is -2.15. The molecule has 3 aromatic heterocycles. The molecule has 0 aliphatic rings. The van der Waals surface area contributed by atoms with Crippen LogP contribution < -0.4 is 4.74 Å². The number of hydrogen-bond acceptors (Lipinski definition) is 7. The van der Waals surface area contributed by atoms with E-state index < -0.39 is 21.7 Å². The van der Waals surface area contributed by atoms with Gasteiger partial charge in [0.2, 0.25) is 0 Å². The van der Waals surface area contributed by atoms with Crippen molar-refractivity contribution >= 4 is 26.9 Å². The van der Waals surface area contributed by atoms with Crippen LogP contribution in [0.5, 0.6) is 11.5 Å². The normalized spacial score (nSPS) is 12.4. The lowest BCUT2D eigenvalue weighted by Gasteiger charge is -2.20. The molecule has 62 heavy (non-hydrogen) atoms. The molecular weight excluding hydrogens is 809 g/mol. The first-order valence-electron chi connectivity index (χ1n) is 20.4. The monoisotopic (exact) mass is 857 g/mol. The summed E-state index contributed by atoms with van der Waals surface area (Å²) in [5, 5.41) is 9.81. The van der Waals surface area contributed by atoms with Gasteiger partial charge in [0.15, 0.2) is 11.6 Å². The van der Waals surface area contributed by atoms with Crippen LogP contribution in [0.1, 0.15) is 73.9 Å². The van der Waals surface area contributed by atoms with Crippen molar-refractivity contribution in [3.63, 3.8) is 0 Å². The molecule has 0 amide bonds. The molecular formula is C49H49F2N5O5S. The molecule has 0 saturated carbocycles. The van der Waals surface area contributed by atoms with Crippen molar-refractivity contribution in [1.29, 1.82) is 0 Å². The molecule has 1 atom stereocenters. The fourth-order valence-electron chi connectivity index (χ4n) is 7.54. The molecule has 0 N–H and O–H groups in total. The molecule has 3 heterocycles. The molecule has 4 aromatic carbocycles. The summed E-state index contributed by atoms with van der Waals surface area (Å²) in [5.41, 5.74) is 4.36. The third kappa shape index (κ3) is 9.18. The average Bonchev–Trinajstić information content (AvgIpc) is 4.03. The maximum atomic E-state index is 16.6. The minimum Gasteiger partial charge on any atom is -0.466 e. The van der Waals surface area contributed by atoms with Crippen LogP contribution in [0.25, 0.3) is 22.2 Å². The summed E-state index contributed by atoms with van der Waals surface area (Å²) in [6.07, 6.45) is 12.4. The predicted molar refractivity (Wildman–Crippen MR) is 237 cm³/mol. The summed E-state index contributed by atoms with van der Waals surface area (Å²) in [6.45, 7) is 16.0. The van der Waals surface area contributed by atoms with Crippen LogP contribution in [0.2, 0.25) is 0 Å². The third-order valence-electron chi connectivity index (χ3n) is 10.9. The van der Waals surface area contributed by atoms with Crippen LogP contribution >= 0.6 is 0 Å². The lowest BCUT2D eigenvalue weighted by molar-refractivity contribution is -0.143. The van der Waals surface area contributed by atoms with E-state index in [1.807, 2.05) is 43.5 Å². The van der Waals surface area contributed by atoms with Gasteiger partial charge >= 0.3 is 5.97 Å². The Hall–Kier alpha value is -6.60. The molecule has 0 fully saturated rings. The molecule has 0 aliphatic heterocycles. The summed E-state index contributed by atoms with van der Waals surface area (Å²) in [7, 11) is -4.11. The lowest BCUT2D eigenvalue weighted by atomic mass is 9.84. The fourth-order valence-corrected chi connectivity index (χ4v) is 8.88. The average molecular weight is 858 g/mol. The Morgan fingerprint density at radius 1 is 0.952 bits per heavy atom. The standard InChI is InChI=1S/C49H49F2N5O5S/c1-7-11-45(35-13-10-12-34(27-35)16-21-47(57)60-9-3)55-25-23-44(53-55)40-28-37(17-20-42(40)50)61-48-41(32-54-31-36(30-52-54)49(5,6)24-8-2)39-22-26-56(46(39)29-43(48)51)62(58,59)38-18-14-33(4)15-19-38/h7-8,10,12-15,17-20,22-23,25-31,45H,1-2,9,11,16,21,24,32H2,3-6H3. The number of nitrogens with zero attached hydrogens (tertiary/aromatic N) is 5. The zero-order chi connectivity index (χ0) is 44.2. The Morgan fingerprint density at radius 3 is 2.48 bits per heavy atom. The highest BCUT2D eigenvalue weighted by atomic mass is 32.2. The van der Waals surface area contributed by atoms with E-state index in [1.165, 1.54) is 36.5 Å². The SMILES string of the molecule is C=CCC(c1cccc(CCC(=O)OCC)c1)n1ccc(-c2cc(Oc3c(F)cc4c(ccn4S(=O)(=O)c4ccc(C)cc4)c3Cn3cc(C(C)(C)CC=C)cn3)ccc2F)n1. The first kappa shape index (κ1) is 43.5. The van der Waals surface area contributed by atoms with Gasteiger partial charge in [-0.2, -0.15) is 10.2 Å². The van der Waals surface area contributed by atoms with Gasteiger partial charge in [0.05, 0.1) is 41.5 Å². The maximum absolute atomic E-state index is 16.6. The van der Waals surface area contributed by atoms with Crippen molar-refractivity contribution in [3.8, 4) is 22.8 Å². The van der Waals surface area contributed by atoms with E-state index in [-0.39, 0.29) is 57.9 Å². The summed E-state index contributed by atoms with van der Waals surface area (Å²) >= 11 is 0. The highest BCUT2D eigenvalue weighted by Crippen LogP contribution is 2.39. The number of benzene rings is 4. The third-order valence-corrected chi connectivity index (χ3v) is 12.7. The second kappa shape index (κ2) is 18.2. The number of carbonyl (C=O) groups is 1. The zero-order valence-corrected chi connectivity index (χ0v) is 36.0. The molecule has 13 heteroatoms. The predicted octanol–water partition coefficient (Wildman–Crippen LogP) is 10.9. The van der Waals surface area contributed by atoms with Gasteiger partial charge in [0, 0.05) is 47.6 Å². The highest BCUT2D eigenvalue weighted by molar-refractivity contribution is 7.90. The second-order valence-corrected chi connectivity index (χ2v) is 17.7. The molecule has 10 nitrogen and oxygen atoms in total. The van der Waals surface area contributed by atoms with Crippen LogP contribution in [-0.4, -0.2) is 44.5 Å². The summed E-state index contributed by atoms with van der Waals surface area (Å²) in [6, 6.07) is 22.6. The van der Waals surface area contributed by atoms with E-state index in [0.29, 0.717) is 42.5 Å². The van der Waals surface area contributed by atoms with Gasteiger partial charge in [0.25, 0.3) is 10.0 Å². The molecule has 7 rings (SSSR count). The number of ether oxygens (including phenoxy) is 2. The summed E-state index contributed by atoms with van der Waals surface area (Å²) in [4.78, 5) is 12.1. The Bertz CT molecular complexity index is 2880. The molecule has 0 aliphatic carbocycles. The fraction of sp³-hybridized carbons (Fsp3) is 0.245. The van der Waals surface area contributed by atoms with Crippen molar-refractivity contribution < 1.29 is 31.5 Å². The van der Waals surface area contributed by atoms with Gasteiger partial charge in [-0.25, -0.2) is 21.2 Å². The number of fused-ring (bicyclic) bond motifs is 1. The number of allylic oxidation sites excluding steroid dienone is 2. The van der Waals surface area contributed by atoms with E-state index in [2.05, 4.69) is 32.1 Å². The number of carbonyl (C=O) groups excluding carboxylic acids is 1. The Morgan fingerprint density at radius 2 is 1.74 bits per heavy atom. The van der Waals surface area contributed by atoms with E-state index in [4.69, 9.17) is 14.6 Å². The number of halogens is 2. The number of rotatable bonds is 18. The van der Waals surface area contributed by atoms with Crippen molar-refractivity contribution in [2.45, 2.75) is 76.3 Å². The number of aryl methyl sites for hydroxylation is 2. The zero-order valence-electron chi connectivity index (χ0n) is 35.2. The van der Waals surface area contributed by atoms with Crippen molar-refractivity contribution in [3.05, 3.63) is 174 Å². The largest absolute Gasteiger partial charge is 0.466 e. The van der Waals surface area contributed by atoms with E-state index in [9.17, 15) is 13.2 Å². The summed E-state index contributed by atoms with van der Waals surface area (Å²) < 4.78 is 76.1. The topological polar surface area (TPSA) is 110 Å². The van der Waals surface area contributed by atoms with Crippen LogP contribution in [0.15, 0.2) is 140 Å². The van der Waals surface area contributed by atoms with E-state index in [1.54, 1.807) is 59.0 Å². The molecule has 320 valence electrons. The van der Waals surface area contributed by atoms with Crippen LogP contribution in [0.3, 0.4) is 0 Å². The van der Waals surface area contributed by atoms with Gasteiger partial charge in [-0.15, -0.1) is 13.2 Å². The Labute approximate surface area is 360 Å². The summed E-state index contributed by atoms with van der Waals surface area (Å²) in [5.74, 6) is -1.68. The minimum atomic E-state index is -4.11. The van der Waals surface area contributed by atoms with Crippen LogP contribution in [0, 0.1) is 18.6 Å². The van der Waals surface area contributed by atoms with Gasteiger partial charge in [-0.3, -0.25) is 14.2 Å². The minimum absolute atomic E-state index is 0.0233. The molecule has 0 saturated heterocycles. The molecule has 0 bridgehead atoms. The van der Waals surface area contributed by atoms with Crippen molar-refractivity contribution in [2.75, 3.05) is 6.61 Å².